The quantitative estimate of drug-likeness (QED) is 0.499. The van der Waals surface area contributed by atoms with E-state index in [1.807, 2.05) is 37.3 Å². The number of anilines is 1. The molecule has 178 valence electrons. The highest BCUT2D eigenvalue weighted by Gasteiger charge is 2.34. The summed E-state index contributed by atoms with van der Waals surface area (Å²) in [6.07, 6.45) is 1.43. The number of amides is 2. The number of fused-ring (bicyclic) bond motifs is 1. The number of nitrogens with zero attached hydrogens (tertiary/aromatic N) is 2. The molecule has 0 radical (unpaired) electrons. The second-order valence-corrected chi connectivity index (χ2v) is 10.3. The van der Waals surface area contributed by atoms with E-state index >= 15 is 0 Å². The van der Waals surface area contributed by atoms with Crippen LogP contribution in [-0.4, -0.2) is 43.2 Å². The van der Waals surface area contributed by atoms with Crippen LogP contribution < -0.4 is 15.4 Å². The molecule has 9 nitrogen and oxygen atoms in total. The summed E-state index contributed by atoms with van der Waals surface area (Å²) >= 11 is 0. The van der Waals surface area contributed by atoms with E-state index in [1.54, 1.807) is 31.4 Å². The zero-order valence-corrected chi connectivity index (χ0v) is 19.8. The number of aromatic nitrogens is 2. The third-order valence-electron chi connectivity index (χ3n) is 5.63. The Hall–Kier alpha value is -3.66. The molecule has 1 atom stereocenters. The number of carbonyl (C=O) groups excluding carboxylic acids is 2. The van der Waals surface area contributed by atoms with E-state index in [2.05, 4.69) is 15.7 Å². The molecule has 0 fully saturated rings. The molecule has 2 amide bonds. The molecular weight excluding hydrogens is 456 g/mol. The molecule has 0 saturated carbocycles. The third-order valence-corrected chi connectivity index (χ3v) is 7.07. The number of methoxy groups -OCH3 is 1. The number of nitrogens with one attached hydrogen (secondary N) is 2. The van der Waals surface area contributed by atoms with Gasteiger partial charge < -0.3 is 15.4 Å². The van der Waals surface area contributed by atoms with Crippen molar-refractivity contribution in [2.45, 2.75) is 37.3 Å². The van der Waals surface area contributed by atoms with Gasteiger partial charge in [0.2, 0.25) is 0 Å². The van der Waals surface area contributed by atoms with Crippen molar-refractivity contribution >= 4 is 27.5 Å². The van der Waals surface area contributed by atoms with Crippen molar-refractivity contribution in [3.63, 3.8) is 0 Å². The molecule has 1 aliphatic rings. The lowest BCUT2D eigenvalue weighted by Crippen LogP contribution is -2.41. The first-order valence-electron chi connectivity index (χ1n) is 10.9. The van der Waals surface area contributed by atoms with Gasteiger partial charge in [0.15, 0.2) is 9.84 Å². The van der Waals surface area contributed by atoms with Crippen molar-refractivity contribution in [3.05, 3.63) is 71.4 Å². The van der Waals surface area contributed by atoms with E-state index in [0.717, 1.165) is 12.0 Å². The van der Waals surface area contributed by atoms with Crippen LogP contribution >= 0.6 is 0 Å². The predicted molar refractivity (Wildman–Crippen MR) is 127 cm³/mol. The summed E-state index contributed by atoms with van der Waals surface area (Å²) in [4.78, 5) is 25.3. The first-order chi connectivity index (χ1) is 16.3. The van der Waals surface area contributed by atoms with Gasteiger partial charge in [-0.3, -0.25) is 9.59 Å². The summed E-state index contributed by atoms with van der Waals surface area (Å²) in [6, 6.07) is 16.6. The van der Waals surface area contributed by atoms with Gasteiger partial charge >= 0.3 is 11.8 Å². The van der Waals surface area contributed by atoms with Crippen LogP contribution in [0, 0.1) is 0 Å². The smallest absolute Gasteiger partial charge is 0.314 e. The van der Waals surface area contributed by atoms with Crippen LogP contribution in [0.15, 0.2) is 54.6 Å². The maximum atomic E-state index is 12.7. The maximum Gasteiger partial charge on any atom is 0.314 e. The van der Waals surface area contributed by atoms with Crippen molar-refractivity contribution in [1.29, 1.82) is 0 Å². The van der Waals surface area contributed by atoms with Gasteiger partial charge in [0.25, 0.3) is 0 Å². The fourth-order valence-corrected chi connectivity index (χ4v) is 5.33. The Morgan fingerprint density at radius 2 is 1.76 bits per heavy atom. The molecule has 3 aromatic rings. The monoisotopic (exact) mass is 482 g/mol. The molecule has 2 heterocycles. The van der Waals surface area contributed by atoms with Gasteiger partial charge in [-0.25, -0.2) is 13.1 Å². The van der Waals surface area contributed by atoms with E-state index in [9.17, 15) is 18.0 Å². The molecule has 2 N–H and O–H groups in total. The summed E-state index contributed by atoms with van der Waals surface area (Å²) in [5.41, 5.74) is 2.50. The minimum Gasteiger partial charge on any atom is -0.497 e. The zero-order valence-electron chi connectivity index (χ0n) is 18.9. The Balaban J connectivity index is 1.49. The van der Waals surface area contributed by atoms with Crippen LogP contribution in [0.2, 0.25) is 0 Å². The highest BCUT2D eigenvalue weighted by molar-refractivity contribution is 7.90. The summed E-state index contributed by atoms with van der Waals surface area (Å²) in [7, 11) is -1.80. The lowest BCUT2D eigenvalue weighted by Gasteiger charge is -2.15. The predicted octanol–water partition coefficient (Wildman–Crippen LogP) is 2.39. The lowest BCUT2D eigenvalue weighted by atomic mass is 10.1. The van der Waals surface area contributed by atoms with Crippen LogP contribution in [0.1, 0.15) is 30.2 Å². The van der Waals surface area contributed by atoms with Gasteiger partial charge in [-0.05, 0) is 49.6 Å². The Morgan fingerprint density at radius 3 is 2.44 bits per heavy atom. The SMILES string of the molecule is COc1ccc(-n2nc3c(c2NC(=O)C(=O)NC(C)CCc2ccccc2)CS(=O)(=O)C3)cc1. The molecule has 4 rings (SSSR count). The second kappa shape index (κ2) is 9.68. The van der Waals surface area contributed by atoms with Gasteiger partial charge in [0.1, 0.15) is 11.6 Å². The molecule has 1 unspecified atom stereocenters. The third kappa shape index (κ3) is 5.28. The second-order valence-electron chi connectivity index (χ2n) is 8.27. The molecule has 1 aromatic heterocycles. The Bertz CT molecular complexity index is 1300. The van der Waals surface area contributed by atoms with E-state index in [0.29, 0.717) is 29.1 Å². The molecule has 10 heteroatoms. The number of ether oxygens (including phenoxy) is 1. The average molecular weight is 483 g/mol. The zero-order chi connectivity index (χ0) is 24.3. The van der Waals surface area contributed by atoms with Crippen LogP contribution in [0.25, 0.3) is 5.69 Å². The van der Waals surface area contributed by atoms with E-state index in [4.69, 9.17) is 4.74 Å². The molecule has 2 aromatic carbocycles. The highest BCUT2D eigenvalue weighted by atomic mass is 32.2. The fraction of sp³-hybridized carbons (Fsp3) is 0.292. The molecule has 0 bridgehead atoms. The van der Waals surface area contributed by atoms with Crippen LogP contribution in [0.5, 0.6) is 5.75 Å². The number of hydrogen-bond donors (Lipinski definition) is 2. The van der Waals surface area contributed by atoms with Crippen molar-refractivity contribution in [2.24, 2.45) is 0 Å². The number of carbonyl (C=O) groups is 2. The highest BCUT2D eigenvalue weighted by Crippen LogP contribution is 2.33. The number of rotatable bonds is 7. The number of hydrogen-bond acceptors (Lipinski definition) is 6. The van der Waals surface area contributed by atoms with Gasteiger partial charge in [-0.15, -0.1) is 0 Å². The van der Waals surface area contributed by atoms with Crippen molar-refractivity contribution in [1.82, 2.24) is 15.1 Å². The minimum absolute atomic E-state index is 0.179. The van der Waals surface area contributed by atoms with Crippen molar-refractivity contribution in [3.8, 4) is 11.4 Å². The Morgan fingerprint density at radius 1 is 1.06 bits per heavy atom. The number of sulfone groups is 1. The van der Waals surface area contributed by atoms with Crippen LogP contribution in [0.3, 0.4) is 0 Å². The summed E-state index contributed by atoms with van der Waals surface area (Å²) in [5.74, 6) is -1.31. The minimum atomic E-state index is -3.35. The van der Waals surface area contributed by atoms with Gasteiger partial charge in [-0.2, -0.15) is 5.10 Å². The molecular formula is C24H26N4O5S. The Labute approximate surface area is 198 Å². The van der Waals surface area contributed by atoms with Crippen LogP contribution in [0.4, 0.5) is 5.82 Å². The summed E-state index contributed by atoms with van der Waals surface area (Å²) in [6.45, 7) is 1.83. The van der Waals surface area contributed by atoms with Crippen LogP contribution in [-0.2, 0) is 37.4 Å². The van der Waals surface area contributed by atoms with E-state index < -0.39 is 21.7 Å². The first kappa shape index (κ1) is 23.5. The maximum absolute atomic E-state index is 12.7. The van der Waals surface area contributed by atoms with Crippen molar-refractivity contribution < 1.29 is 22.7 Å². The molecule has 0 spiro atoms. The molecule has 0 saturated heterocycles. The number of benzene rings is 2. The standard InChI is InChI=1S/C24H26N4O5S/c1-16(8-9-17-6-4-3-5-7-17)25-23(29)24(30)26-22-20-14-34(31,32)15-21(20)27-28(22)18-10-12-19(33-2)13-11-18/h3-7,10-13,16H,8-9,14-15H2,1-2H3,(H,25,29)(H,26,30). The average Bonchev–Trinajstić information content (AvgIpc) is 3.30. The molecule has 1 aliphatic heterocycles. The normalized spacial score (nSPS) is 14.8. The van der Waals surface area contributed by atoms with E-state index in [1.165, 1.54) is 4.68 Å². The lowest BCUT2D eigenvalue weighted by molar-refractivity contribution is -0.136. The van der Waals surface area contributed by atoms with Gasteiger partial charge in [-0.1, -0.05) is 30.3 Å². The number of aryl methyl sites for hydroxylation is 1. The van der Waals surface area contributed by atoms with Gasteiger partial charge in [0, 0.05) is 11.6 Å². The Kier molecular flexibility index (Phi) is 6.69. The summed E-state index contributed by atoms with van der Waals surface area (Å²) in [5, 5.41) is 9.69. The van der Waals surface area contributed by atoms with E-state index in [-0.39, 0.29) is 23.4 Å². The summed E-state index contributed by atoms with van der Waals surface area (Å²) < 4.78 is 30.9. The topological polar surface area (TPSA) is 119 Å². The first-order valence-corrected chi connectivity index (χ1v) is 12.7. The van der Waals surface area contributed by atoms with Gasteiger partial charge in [0.05, 0.1) is 30.0 Å². The fourth-order valence-electron chi connectivity index (χ4n) is 3.83. The largest absolute Gasteiger partial charge is 0.497 e. The van der Waals surface area contributed by atoms with Crippen molar-refractivity contribution in [2.75, 3.05) is 12.4 Å². The molecule has 0 aliphatic carbocycles. The molecule has 34 heavy (non-hydrogen) atoms.